The maximum Gasteiger partial charge on any atom is 0.266 e. The molecule has 8 nitrogen and oxygen atoms in total. The lowest BCUT2D eigenvalue weighted by atomic mass is 10.1. The molecule has 0 saturated carbocycles. The maximum atomic E-state index is 12.6. The van der Waals surface area contributed by atoms with Crippen molar-refractivity contribution in [2.24, 2.45) is 0 Å². The van der Waals surface area contributed by atoms with Gasteiger partial charge in [-0.2, -0.15) is 0 Å². The van der Waals surface area contributed by atoms with E-state index in [2.05, 4.69) is 15.6 Å². The maximum absolute atomic E-state index is 12.6. The number of hydrogen-bond acceptors (Lipinski definition) is 7. The summed E-state index contributed by atoms with van der Waals surface area (Å²) >= 11 is 0. The van der Waals surface area contributed by atoms with Gasteiger partial charge in [0.1, 0.15) is 5.75 Å². The first-order valence-corrected chi connectivity index (χ1v) is 9.03. The molecule has 0 aliphatic carbocycles. The minimum absolute atomic E-state index is 0.193. The molecule has 1 heterocycles. The smallest absolute Gasteiger partial charge is 0.266 e. The van der Waals surface area contributed by atoms with Crippen molar-refractivity contribution in [2.45, 2.75) is 26.9 Å². The summed E-state index contributed by atoms with van der Waals surface area (Å²) in [5, 5.41) is 10.4. The van der Waals surface area contributed by atoms with Crippen LogP contribution in [0.3, 0.4) is 0 Å². The van der Waals surface area contributed by atoms with Crippen LogP contribution in [0.4, 0.5) is 5.82 Å². The predicted octanol–water partition coefficient (Wildman–Crippen LogP) is 3.78. The Labute approximate surface area is 168 Å². The number of hydrogen-bond donors (Lipinski definition) is 1. The number of anilines is 1. The van der Waals surface area contributed by atoms with Gasteiger partial charge >= 0.3 is 0 Å². The Bertz CT molecular complexity index is 1020. The number of benzene rings is 2. The Balaban J connectivity index is 1.77. The van der Waals surface area contributed by atoms with Crippen LogP contribution in [0.1, 0.15) is 18.1 Å². The minimum atomic E-state index is -0.745. The highest BCUT2D eigenvalue weighted by Crippen LogP contribution is 2.34. The van der Waals surface area contributed by atoms with Crippen molar-refractivity contribution < 1.29 is 23.6 Å². The van der Waals surface area contributed by atoms with Crippen molar-refractivity contribution in [3.8, 4) is 28.5 Å². The third kappa shape index (κ3) is 4.31. The number of rotatable bonds is 7. The van der Waals surface area contributed by atoms with E-state index in [4.69, 9.17) is 18.8 Å². The molecule has 8 heteroatoms. The average Bonchev–Trinajstić information content (AvgIpc) is 3.18. The van der Waals surface area contributed by atoms with Crippen molar-refractivity contribution in [2.75, 3.05) is 19.5 Å². The Kier molecular flexibility index (Phi) is 6.01. The first-order valence-electron chi connectivity index (χ1n) is 9.03. The molecule has 3 aromatic rings. The fourth-order valence-electron chi connectivity index (χ4n) is 2.76. The van der Waals surface area contributed by atoms with Crippen LogP contribution in [0.25, 0.3) is 11.3 Å². The van der Waals surface area contributed by atoms with E-state index >= 15 is 0 Å². The molecular formula is C21H23N3O5. The first kappa shape index (κ1) is 20.2. The molecule has 3 rings (SSSR count). The zero-order valence-corrected chi connectivity index (χ0v) is 17.0. The second-order valence-corrected chi connectivity index (χ2v) is 6.48. The monoisotopic (exact) mass is 397 g/mol. The molecule has 0 spiro atoms. The number of carbonyl (C=O) groups excluding carboxylic acids is 1. The third-order valence-corrected chi connectivity index (χ3v) is 4.62. The van der Waals surface area contributed by atoms with Crippen LogP contribution in [0.2, 0.25) is 0 Å². The van der Waals surface area contributed by atoms with Gasteiger partial charge in [0.25, 0.3) is 5.91 Å². The van der Waals surface area contributed by atoms with E-state index in [0.717, 1.165) is 11.1 Å². The fraction of sp³-hybridized carbons (Fsp3) is 0.286. The summed E-state index contributed by atoms with van der Waals surface area (Å²) in [6, 6.07) is 10.9. The van der Waals surface area contributed by atoms with E-state index in [9.17, 15) is 4.79 Å². The SMILES string of the molecule is COc1ccc(-c2nonc2NC(=O)C(C)Oc2cccc(C)c2C)cc1OC. The Hall–Kier alpha value is -3.55. The first-order chi connectivity index (χ1) is 13.9. The summed E-state index contributed by atoms with van der Waals surface area (Å²) in [7, 11) is 3.09. The molecule has 1 N–H and O–H groups in total. The van der Waals surface area contributed by atoms with Crippen LogP contribution in [-0.4, -0.2) is 36.5 Å². The van der Waals surface area contributed by atoms with Gasteiger partial charge in [0.2, 0.25) is 5.82 Å². The van der Waals surface area contributed by atoms with Crippen LogP contribution >= 0.6 is 0 Å². The molecule has 1 unspecified atom stereocenters. The summed E-state index contributed by atoms with van der Waals surface area (Å²) in [4.78, 5) is 12.6. The number of nitrogens with zero attached hydrogens (tertiary/aromatic N) is 2. The topological polar surface area (TPSA) is 95.7 Å². The highest BCUT2D eigenvalue weighted by atomic mass is 16.6. The molecular weight excluding hydrogens is 374 g/mol. The van der Waals surface area contributed by atoms with Gasteiger partial charge in [-0.05, 0) is 66.5 Å². The van der Waals surface area contributed by atoms with Gasteiger partial charge in [0.15, 0.2) is 23.3 Å². The molecule has 0 saturated heterocycles. The zero-order valence-electron chi connectivity index (χ0n) is 17.0. The lowest BCUT2D eigenvalue weighted by Gasteiger charge is -2.16. The van der Waals surface area contributed by atoms with Crippen LogP contribution in [0, 0.1) is 13.8 Å². The number of nitrogens with one attached hydrogen (secondary N) is 1. The Morgan fingerprint density at radius 3 is 2.52 bits per heavy atom. The molecule has 0 radical (unpaired) electrons. The fourth-order valence-corrected chi connectivity index (χ4v) is 2.76. The molecule has 1 amide bonds. The second-order valence-electron chi connectivity index (χ2n) is 6.48. The third-order valence-electron chi connectivity index (χ3n) is 4.62. The van der Waals surface area contributed by atoms with Crippen molar-refractivity contribution in [1.29, 1.82) is 0 Å². The van der Waals surface area contributed by atoms with Gasteiger partial charge in [0, 0.05) is 5.56 Å². The number of aromatic nitrogens is 2. The number of amides is 1. The normalized spacial score (nSPS) is 11.6. The van der Waals surface area contributed by atoms with E-state index in [1.807, 2.05) is 32.0 Å². The van der Waals surface area contributed by atoms with E-state index in [1.54, 1.807) is 32.2 Å². The number of ether oxygens (including phenoxy) is 3. The lowest BCUT2D eigenvalue weighted by molar-refractivity contribution is -0.122. The summed E-state index contributed by atoms with van der Waals surface area (Å²) in [5.74, 6) is 1.58. The highest BCUT2D eigenvalue weighted by molar-refractivity contribution is 5.96. The van der Waals surface area contributed by atoms with E-state index in [-0.39, 0.29) is 11.7 Å². The molecule has 0 aliphatic rings. The van der Waals surface area contributed by atoms with Crippen molar-refractivity contribution >= 4 is 11.7 Å². The summed E-state index contributed by atoms with van der Waals surface area (Å²) < 4.78 is 21.2. The zero-order chi connectivity index (χ0) is 21.0. The molecule has 0 bridgehead atoms. The van der Waals surface area contributed by atoms with Crippen molar-refractivity contribution in [3.63, 3.8) is 0 Å². The highest BCUT2D eigenvalue weighted by Gasteiger charge is 2.21. The van der Waals surface area contributed by atoms with Gasteiger partial charge in [-0.1, -0.05) is 12.1 Å². The Morgan fingerprint density at radius 1 is 1.03 bits per heavy atom. The van der Waals surface area contributed by atoms with E-state index in [1.165, 1.54) is 7.11 Å². The standard InChI is InChI=1S/C21H23N3O5/c1-12-7-6-8-16(13(12)2)28-14(3)21(25)22-20-19(23-29-24-20)15-9-10-17(26-4)18(11-15)27-5/h6-11,14H,1-5H3,(H,22,24,25). The van der Waals surface area contributed by atoms with Crippen LogP contribution in [0.15, 0.2) is 41.0 Å². The van der Waals surface area contributed by atoms with Gasteiger partial charge in [0.05, 0.1) is 14.2 Å². The number of methoxy groups -OCH3 is 2. The summed E-state index contributed by atoms with van der Waals surface area (Å²) in [6.07, 6.45) is -0.745. The van der Waals surface area contributed by atoms with Gasteiger partial charge in [-0.15, -0.1) is 0 Å². The quantitative estimate of drug-likeness (QED) is 0.648. The van der Waals surface area contributed by atoms with Crippen LogP contribution < -0.4 is 19.5 Å². The average molecular weight is 397 g/mol. The van der Waals surface area contributed by atoms with E-state index < -0.39 is 6.10 Å². The Morgan fingerprint density at radius 2 is 1.79 bits per heavy atom. The van der Waals surface area contributed by atoms with Crippen molar-refractivity contribution in [1.82, 2.24) is 10.3 Å². The van der Waals surface area contributed by atoms with Gasteiger partial charge in [-0.3, -0.25) is 4.79 Å². The van der Waals surface area contributed by atoms with Crippen LogP contribution in [0.5, 0.6) is 17.2 Å². The lowest BCUT2D eigenvalue weighted by Crippen LogP contribution is -2.30. The van der Waals surface area contributed by atoms with Crippen LogP contribution in [-0.2, 0) is 4.79 Å². The van der Waals surface area contributed by atoms with Crippen molar-refractivity contribution in [3.05, 3.63) is 47.5 Å². The minimum Gasteiger partial charge on any atom is -0.493 e. The summed E-state index contributed by atoms with van der Waals surface area (Å²) in [6.45, 7) is 5.61. The largest absolute Gasteiger partial charge is 0.493 e. The second kappa shape index (κ2) is 8.64. The molecule has 0 aliphatic heterocycles. The molecule has 1 aromatic heterocycles. The molecule has 152 valence electrons. The number of carbonyl (C=O) groups is 1. The molecule has 1 atom stereocenters. The van der Waals surface area contributed by atoms with Gasteiger partial charge < -0.3 is 19.5 Å². The summed E-state index contributed by atoms with van der Waals surface area (Å²) in [5.41, 5.74) is 3.10. The number of aryl methyl sites for hydroxylation is 1. The van der Waals surface area contributed by atoms with E-state index in [0.29, 0.717) is 28.5 Å². The predicted molar refractivity (Wildman–Crippen MR) is 107 cm³/mol. The molecule has 29 heavy (non-hydrogen) atoms. The molecule has 0 fully saturated rings. The molecule has 2 aromatic carbocycles. The van der Waals surface area contributed by atoms with Gasteiger partial charge in [-0.25, -0.2) is 4.63 Å².